The highest BCUT2D eigenvalue weighted by atomic mass is 35.5. The SMILES string of the molecule is Cc1ccc(S(=O)(=O)N(CC(=O)N(Cc2c(Cl)cccc2Cl)C(Cc2ccccc2)C(=O)NC2CCCCC2)c2cccc(C)c2C)cc1. The van der Waals surface area contributed by atoms with Gasteiger partial charge in [-0.15, -0.1) is 0 Å². The van der Waals surface area contributed by atoms with Crippen LogP contribution in [-0.2, 0) is 32.6 Å². The maximum absolute atomic E-state index is 14.9. The van der Waals surface area contributed by atoms with Crippen LogP contribution in [0.4, 0.5) is 5.69 Å². The van der Waals surface area contributed by atoms with E-state index in [-0.39, 0.29) is 29.8 Å². The van der Waals surface area contributed by atoms with E-state index in [1.807, 2.05) is 57.2 Å². The number of hydrogen-bond acceptors (Lipinski definition) is 4. The molecule has 0 spiro atoms. The molecule has 2 amide bonds. The lowest BCUT2D eigenvalue weighted by molar-refractivity contribution is -0.140. The predicted octanol–water partition coefficient (Wildman–Crippen LogP) is 8.20. The van der Waals surface area contributed by atoms with Crippen molar-refractivity contribution in [1.82, 2.24) is 10.2 Å². The molecule has 1 saturated carbocycles. The van der Waals surface area contributed by atoms with Gasteiger partial charge in [0.15, 0.2) is 0 Å². The highest BCUT2D eigenvalue weighted by Gasteiger charge is 2.36. The molecule has 1 atom stereocenters. The summed E-state index contributed by atoms with van der Waals surface area (Å²) in [5.41, 5.74) is 4.22. The lowest BCUT2D eigenvalue weighted by Gasteiger charge is -2.35. The number of sulfonamides is 1. The van der Waals surface area contributed by atoms with Gasteiger partial charge in [0.05, 0.1) is 10.6 Å². The Bertz CT molecular complexity index is 1860. The van der Waals surface area contributed by atoms with Gasteiger partial charge in [-0.05, 0) is 80.6 Å². The Morgan fingerprint density at radius 1 is 0.816 bits per heavy atom. The number of benzene rings is 4. The summed E-state index contributed by atoms with van der Waals surface area (Å²) >= 11 is 13.3. The maximum Gasteiger partial charge on any atom is 0.264 e. The van der Waals surface area contributed by atoms with Crippen LogP contribution in [0.2, 0.25) is 10.0 Å². The van der Waals surface area contributed by atoms with E-state index < -0.39 is 28.5 Å². The van der Waals surface area contributed by atoms with Gasteiger partial charge in [-0.3, -0.25) is 13.9 Å². The van der Waals surface area contributed by atoms with E-state index in [9.17, 15) is 18.0 Å². The molecule has 1 N–H and O–H groups in total. The van der Waals surface area contributed by atoms with Crippen molar-refractivity contribution in [3.05, 3.63) is 129 Å². The van der Waals surface area contributed by atoms with Crippen molar-refractivity contribution in [3.63, 3.8) is 0 Å². The summed E-state index contributed by atoms with van der Waals surface area (Å²) in [7, 11) is -4.22. The number of anilines is 1. The zero-order valence-corrected chi connectivity index (χ0v) is 30.5. The minimum Gasteiger partial charge on any atom is -0.352 e. The first-order valence-electron chi connectivity index (χ1n) is 16.7. The molecule has 1 unspecified atom stereocenters. The summed E-state index contributed by atoms with van der Waals surface area (Å²) < 4.78 is 30.0. The lowest BCUT2D eigenvalue weighted by Crippen LogP contribution is -2.55. The molecule has 7 nitrogen and oxygen atoms in total. The number of carbonyl (C=O) groups excluding carboxylic acids is 2. The number of halogens is 2. The highest BCUT2D eigenvalue weighted by molar-refractivity contribution is 7.92. The summed E-state index contributed by atoms with van der Waals surface area (Å²) in [5.74, 6) is -0.862. The molecule has 0 aromatic heterocycles. The molecule has 1 aliphatic rings. The summed E-state index contributed by atoms with van der Waals surface area (Å²) in [6.45, 7) is 4.96. The van der Waals surface area contributed by atoms with Crippen LogP contribution >= 0.6 is 23.2 Å². The third-order valence-electron chi connectivity index (χ3n) is 9.35. The smallest absolute Gasteiger partial charge is 0.264 e. The van der Waals surface area contributed by atoms with Crippen molar-refractivity contribution >= 4 is 50.7 Å². The molecule has 1 fully saturated rings. The second-order valence-electron chi connectivity index (χ2n) is 12.8. The van der Waals surface area contributed by atoms with Gasteiger partial charge in [0, 0.05) is 34.6 Å². The maximum atomic E-state index is 14.9. The van der Waals surface area contributed by atoms with E-state index >= 15 is 0 Å². The Morgan fingerprint density at radius 2 is 1.45 bits per heavy atom. The van der Waals surface area contributed by atoms with Gasteiger partial charge in [-0.2, -0.15) is 0 Å². The number of carbonyl (C=O) groups is 2. The van der Waals surface area contributed by atoms with E-state index in [4.69, 9.17) is 23.2 Å². The number of rotatable bonds is 12. The average molecular weight is 721 g/mol. The van der Waals surface area contributed by atoms with Crippen LogP contribution in [-0.4, -0.2) is 43.8 Å². The zero-order valence-electron chi connectivity index (χ0n) is 28.2. The van der Waals surface area contributed by atoms with E-state index in [2.05, 4.69) is 5.32 Å². The number of nitrogens with zero attached hydrogens (tertiary/aromatic N) is 2. The topological polar surface area (TPSA) is 86.8 Å². The normalized spacial score (nSPS) is 14.2. The second-order valence-corrected chi connectivity index (χ2v) is 15.5. The van der Waals surface area contributed by atoms with Gasteiger partial charge in [0.2, 0.25) is 11.8 Å². The highest BCUT2D eigenvalue weighted by Crippen LogP contribution is 2.31. The fraction of sp³-hybridized carbons (Fsp3) is 0.333. The Hall–Kier alpha value is -3.85. The van der Waals surface area contributed by atoms with Gasteiger partial charge >= 0.3 is 0 Å². The van der Waals surface area contributed by atoms with Crippen LogP contribution in [0.1, 0.15) is 59.9 Å². The molecule has 258 valence electrons. The summed E-state index contributed by atoms with van der Waals surface area (Å²) in [6, 6.07) is 25.5. The van der Waals surface area contributed by atoms with Gasteiger partial charge in [0.25, 0.3) is 10.0 Å². The molecule has 4 aromatic carbocycles. The third-order valence-corrected chi connectivity index (χ3v) is 11.8. The Kier molecular flexibility index (Phi) is 12.1. The number of amides is 2. The van der Waals surface area contributed by atoms with Crippen LogP contribution in [0.15, 0.2) is 95.9 Å². The van der Waals surface area contributed by atoms with E-state index in [0.717, 1.165) is 58.7 Å². The summed E-state index contributed by atoms with van der Waals surface area (Å²) in [4.78, 5) is 30.7. The van der Waals surface area contributed by atoms with Gasteiger partial charge in [-0.1, -0.05) is 109 Å². The van der Waals surface area contributed by atoms with Crippen molar-refractivity contribution in [2.45, 2.75) is 82.8 Å². The molecule has 0 radical (unpaired) electrons. The fourth-order valence-electron chi connectivity index (χ4n) is 6.31. The molecule has 49 heavy (non-hydrogen) atoms. The number of nitrogens with one attached hydrogen (secondary N) is 1. The molecule has 1 aliphatic carbocycles. The Labute approximate surface area is 300 Å². The van der Waals surface area contributed by atoms with Crippen LogP contribution in [0.25, 0.3) is 0 Å². The largest absolute Gasteiger partial charge is 0.352 e. The van der Waals surface area contributed by atoms with Crippen LogP contribution < -0.4 is 9.62 Å². The van der Waals surface area contributed by atoms with Crippen LogP contribution in [0, 0.1) is 20.8 Å². The Balaban J connectivity index is 1.61. The molecule has 0 heterocycles. The van der Waals surface area contributed by atoms with E-state index in [1.165, 1.54) is 4.90 Å². The van der Waals surface area contributed by atoms with Gasteiger partial charge < -0.3 is 10.2 Å². The van der Waals surface area contributed by atoms with Gasteiger partial charge in [0.1, 0.15) is 12.6 Å². The molecule has 0 saturated heterocycles. The van der Waals surface area contributed by atoms with Crippen molar-refractivity contribution in [2.75, 3.05) is 10.8 Å². The Morgan fingerprint density at radius 3 is 2.10 bits per heavy atom. The third kappa shape index (κ3) is 8.85. The van der Waals surface area contributed by atoms with Crippen molar-refractivity contribution in [1.29, 1.82) is 0 Å². The van der Waals surface area contributed by atoms with Crippen LogP contribution in [0.3, 0.4) is 0 Å². The van der Waals surface area contributed by atoms with E-state index in [0.29, 0.717) is 21.3 Å². The number of aryl methyl sites for hydroxylation is 2. The first-order valence-corrected chi connectivity index (χ1v) is 18.9. The average Bonchev–Trinajstić information content (AvgIpc) is 3.08. The standard InChI is InChI=1S/C39H43Cl2N3O4S/c1-27-20-22-32(23-21-27)49(47,48)44(36-19-10-12-28(2)29(36)3)26-38(45)43(25-33-34(40)17-11-18-35(33)41)37(24-30-13-6-4-7-14-30)39(46)42-31-15-8-5-9-16-31/h4,6-7,10-14,17-23,31,37H,5,8-9,15-16,24-26H2,1-3H3,(H,42,46). The van der Waals surface area contributed by atoms with Gasteiger partial charge in [-0.25, -0.2) is 8.42 Å². The lowest BCUT2D eigenvalue weighted by atomic mass is 9.94. The molecule has 0 aliphatic heterocycles. The van der Waals surface area contributed by atoms with Crippen molar-refractivity contribution < 1.29 is 18.0 Å². The number of hydrogen-bond donors (Lipinski definition) is 1. The molecule has 0 bridgehead atoms. The molecule has 5 rings (SSSR count). The monoisotopic (exact) mass is 719 g/mol. The van der Waals surface area contributed by atoms with Crippen molar-refractivity contribution in [3.8, 4) is 0 Å². The molecule has 4 aromatic rings. The first kappa shape index (κ1) is 36.4. The predicted molar refractivity (Wildman–Crippen MR) is 198 cm³/mol. The zero-order chi connectivity index (χ0) is 35.1. The molecular weight excluding hydrogens is 677 g/mol. The quantitative estimate of drug-likeness (QED) is 0.160. The molecular formula is C39H43Cl2N3O4S. The van der Waals surface area contributed by atoms with Crippen LogP contribution in [0.5, 0.6) is 0 Å². The minimum atomic E-state index is -4.22. The minimum absolute atomic E-state index is 0.00580. The van der Waals surface area contributed by atoms with E-state index in [1.54, 1.807) is 54.6 Å². The molecule has 10 heteroatoms. The fourth-order valence-corrected chi connectivity index (χ4v) is 8.30. The van der Waals surface area contributed by atoms with Crippen molar-refractivity contribution in [2.24, 2.45) is 0 Å². The summed E-state index contributed by atoms with van der Waals surface area (Å²) in [6.07, 6.45) is 5.11. The second kappa shape index (κ2) is 16.2. The first-order chi connectivity index (χ1) is 23.5. The summed E-state index contributed by atoms with van der Waals surface area (Å²) in [5, 5.41) is 3.91.